The van der Waals surface area contributed by atoms with Crippen molar-refractivity contribution in [2.45, 2.75) is 6.42 Å². The smallest absolute Gasteiger partial charge is 0.238 e. The predicted molar refractivity (Wildman–Crippen MR) is 118 cm³/mol. The molecule has 30 heavy (non-hydrogen) atoms. The highest BCUT2D eigenvalue weighted by Crippen LogP contribution is 2.39. The number of hydrogen-bond donors (Lipinski definition) is 4. The highest BCUT2D eigenvalue weighted by molar-refractivity contribution is 7.92. The molecule has 0 unspecified atom stereocenters. The minimum absolute atomic E-state index is 0.313. The van der Waals surface area contributed by atoms with Gasteiger partial charge in [0.2, 0.25) is 16.0 Å². The molecular formula is C19H22N8O2S. The van der Waals surface area contributed by atoms with Gasteiger partial charge in [0, 0.05) is 18.3 Å². The number of nitrogens with zero attached hydrogens (tertiary/aromatic N) is 4. The number of benzene rings is 2. The number of hydrogen-bond acceptors (Lipinski definition) is 9. The number of rotatable bonds is 6. The number of sulfonamides is 1. The first-order valence-corrected chi connectivity index (χ1v) is 11.0. The lowest BCUT2D eigenvalue weighted by molar-refractivity contribution is 0.598. The molecule has 0 spiro atoms. The molecule has 0 fully saturated rings. The second-order valence-corrected chi connectivity index (χ2v) is 8.70. The Morgan fingerprint density at radius 2 is 1.63 bits per heavy atom. The van der Waals surface area contributed by atoms with Crippen molar-refractivity contribution >= 4 is 44.7 Å². The van der Waals surface area contributed by atoms with Crippen LogP contribution in [0.4, 0.5) is 34.6 Å². The molecule has 1 aromatic heterocycles. The summed E-state index contributed by atoms with van der Waals surface area (Å²) in [5, 5.41) is 0. The quantitative estimate of drug-likeness (QED) is 0.343. The number of nitrogens with one attached hydrogen (secondary N) is 2. The summed E-state index contributed by atoms with van der Waals surface area (Å²) < 4.78 is 25.9. The summed E-state index contributed by atoms with van der Waals surface area (Å²) in [5.74, 6) is 12.2. The fraction of sp³-hybridized carbons (Fsp3) is 0.158. The van der Waals surface area contributed by atoms with E-state index in [9.17, 15) is 8.42 Å². The van der Waals surface area contributed by atoms with Gasteiger partial charge in [-0.1, -0.05) is 24.3 Å². The highest BCUT2D eigenvalue weighted by Gasteiger charge is 2.28. The molecule has 4 rings (SSSR count). The monoisotopic (exact) mass is 426 g/mol. The van der Waals surface area contributed by atoms with Crippen LogP contribution in [0.5, 0.6) is 0 Å². The molecule has 0 saturated heterocycles. The topological polar surface area (TPSA) is 142 Å². The molecule has 156 valence electrons. The Kier molecular flexibility index (Phi) is 5.16. The average molecular weight is 427 g/mol. The van der Waals surface area contributed by atoms with Gasteiger partial charge in [-0.2, -0.15) is 9.97 Å². The van der Waals surface area contributed by atoms with Crippen molar-refractivity contribution in [2.24, 2.45) is 11.7 Å². The number of nitrogen functional groups attached to an aromatic ring is 2. The Bertz CT molecular complexity index is 1150. The van der Waals surface area contributed by atoms with Gasteiger partial charge < -0.3 is 10.9 Å². The summed E-state index contributed by atoms with van der Waals surface area (Å²) in [6, 6.07) is 16.8. The van der Waals surface area contributed by atoms with E-state index in [4.69, 9.17) is 11.7 Å². The van der Waals surface area contributed by atoms with Gasteiger partial charge in [0.1, 0.15) is 11.6 Å². The van der Waals surface area contributed by atoms with E-state index in [1.165, 1.54) is 10.6 Å². The van der Waals surface area contributed by atoms with Crippen LogP contribution in [-0.2, 0) is 16.4 Å². The lowest BCUT2D eigenvalue weighted by Crippen LogP contribution is -2.27. The number of nitrogens with two attached hydrogens (primary N) is 2. The van der Waals surface area contributed by atoms with Crippen molar-refractivity contribution in [3.8, 4) is 0 Å². The van der Waals surface area contributed by atoms with E-state index in [0.29, 0.717) is 41.9 Å². The summed E-state index contributed by atoms with van der Waals surface area (Å²) in [6.45, 7) is 0.424. The van der Waals surface area contributed by atoms with Gasteiger partial charge in [-0.3, -0.25) is 9.21 Å². The molecule has 2 aromatic carbocycles. The van der Waals surface area contributed by atoms with E-state index in [1.807, 2.05) is 48.5 Å². The second kappa shape index (κ2) is 7.78. The van der Waals surface area contributed by atoms with Crippen molar-refractivity contribution in [2.75, 3.05) is 32.9 Å². The fourth-order valence-electron chi connectivity index (χ4n) is 3.46. The van der Waals surface area contributed by atoms with Gasteiger partial charge in [-0.05, 0) is 36.2 Å². The zero-order chi connectivity index (χ0) is 21.3. The van der Waals surface area contributed by atoms with Crippen LogP contribution >= 0.6 is 0 Å². The summed E-state index contributed by atoms with van der Waals surface area (Å²) in [7, 11) is -3.38. The van der Waals surface area contributed by atoms with E-state index in [0.717, 1.165) is 11.3 Å². The van der Waals surface area contributed by atoms with Gasteiger partial charge in [0.05, 0.1) is 17.6 Å². The van der Waals surface area contributed by atoms with Gasteiger partial charge >= 0.3 is 0 Å². The van der Waals surface area contributed by atoms with Gasteiger partial charge in [0.25, 0.3) is 0 Å². The molecule has 11 heteroatoms. The summed E-state index contributed by atoms with van der Waals surface area (Å²) in [5.41, 5.74) is 8.13. The van der Waals surface area contributed by atoms with Gasteiger partial charge in [-0.15, -0.1) is 0 Å². The maximum atomic E-state index is 12.2. The van der Waals surface area contributed by atoms with Crippen LogP contribution in [0.1, 0.15) is 5.56 Å². The zero-order valence-electron chi connectivity index (χ0n) is 16.3. The number of anilines is 6. The lowest BCUT2D eigenvalue weighted by atomic mass is 10.1. The Morgan fingerprint density at radius 1 is 0.967 bits per heavy atom. The van der Waals surface area contributed by atoms with Crippen LogP contribution in [0.25, 0.3) is 0 Å². The lowest BCUT2D eigenvalue weighted by Gasteiger charge is -2.25. The van der Waals surface area contributed by atoms with Crippen LogP contribution < -0.4 is 31.7 Å². The van der Waals surface area contributed by atoms with E-state index < -0.39 is 10.0 Å². The minimum Gasteiger partial charge on any atom is -0.308 e. The third-order valence-corrected chi connectivity index (χ3v) is 5.98. The molecule has 10 nitrogen and oxygen atoms in total. The number of fused-ring (bicyclic) bond motifs is 1. The standard InChI is InChI=1S/C19H22N8O2S/c1-30(28,29)26-10-9-13-7-8-15(11-16(13)26)27(14-5-3-2-4-6-14)19-22-17(24-20)12-18(23-19)25-21/h2-8,11-12H,9-10,20-21H2,1H3,(H2,22,23,24,25). The minimum atomic E-state index is -3.38. The Morgan fingerprint density at radius 3 is 2.23 bits per heavy atom. The first-order valence-electron chi connectivity index (χ1n) is 9.19. The van der Waals surface area contributed by atoms with Crippen LogP contribution in [0.15, 0.2) is 54.6 Å². The van der Waals surface area contributed by atoms with Crippen molar-refractivity contribution in [1.29, 1.82) is 0 Å². The van der Waals surface area contributed by atoms with Crippen LogP contribution in [0.2, 0.25) is 0 Å². The van der Waals surface area contributed by atoms with Crippen LogP contribution in [0, 0.1) is 0 Å². The van der Waals surface area contributed by atoms with Crippen molar-refractivity contribution in [3.05, 3.63) is 60.2 Å². The SMILES string of the molecule is CS(=O)(=O)N1CCc2ccc(N(c3ccccc3)c3nc(NN)cc(NN)n3)cc21. The highest BCUT2D eigenvalue weighted by atomic mass is 32.2. The Hall–Kier alpha value is -3.41. The van der Waals surface area contributed by atoms with E-state index >= 15 is 0 Å². The molecule has 0 saturated carbocycles. The normalized spacial score (nSPS) is 13.1. The Labute approximate surface area is 174 Å². The molecule has 0 amide bonds. The summed E-state index contributed by atoms with van der Waals surface area (Å²) in [4.78, 5) is 10.7. The van der Waals surface area contributed by atoms with E-state index in [1.54, 1.807) is 11.0 Å². The maximum Gasteiger partial charge on any atom is 0.238 e. The fourth-order valence-corrected chi connectivity index (χ4v) is 4.41. The summed E-state index contributed by atoms with van der Waals surface area (Å²) >= 11 is 0. The zero-order valence-corrected chi connectivity index (χ0v) is 17.1. The maximum absolute atomic E-state index is 12.2. The molecule has 1 aliphatic heterocycles. The third kappa shape index (κ3) is 3.73. The molecule has 1 aliphatic rings. The molecule has 0 radical (unpaired) electrons. The first kappa shape index (κ1) is 19.9. The molecule has 2 heterocycles. The number of aromatic nitrogens is 2. The van der Waals surface area contributed by atoms with E-state index in [-0.39, 0.29) is 0 Å². The molecule has 0 atom stereocenters. The van der Waals surface area contributed by atoms with Crippen molar-refractivity contribution in [1.82, 2.24) is 9.97 Å². The van der Waals surface area contributed by atoms with Gasteiger partial charge in [0.15, 0.2) is 0 Å². The molecule has 0 bridgehead atoms. The van der Waals surface area contributed by atoms with Gasteiger partial charge in [-0.25, -0.2) is 20.1 Å². The molecular weight excluding hydrogens is 404 g/mol. The first-order chi connectivity index (χ1) is 14.4. The Balaban J connectivity index is 1.89. The van der Waals surface area contributed by atoms with Crippen LogP contribution in [0.3, 0.4) is 0 Å². The summed E-state index contributed by atoms with van der Waals surface area (Å²) in [6.07, 6.45) is 1.88. The second-order valence-electron chi connectivity index (χ2n) is 6.80. The van der Waals surface area contributed by atoms with Crippen molar-refractivity contribution in [3.63, 3.8) is 0 Å². The van der Waals surface area contributed by atoms with E-state index in [2.05, 4.69) is 20.8 Å². The van der Waals surface area contributed by atoms with Crippen LogP contribution in [-0.4, -0.2) is 31.2 Å². The molecule has 3 aromatic rings. The molecule has 0 aliphatic carbocycles. The number of para-hydroxylation sites is 1. The largest absolute Gasteiger partial charge is 0.308 e. The number of hydrazine groups is 2. The third-order valence-electron chi connectivity index (χ3n) is 4.80. The molecule has 6 N–H and O–H groups in total. The van der Waals surface area contributed by atoms with Crippen molar-refractivity contribution < 1.29 is 8.42 Å². The average Bonchev–Trinajstić information content (AvgIpc) is 3.18. The predicted octanol–water partition coefficient (Wildman–Crippen LogP) is 1.84.